The molecule has 9 heteroatoms. The van der Waals surface area contributed by atoms with Crippen molar-refractivity contribution >= 4 is 33.0 Å². The maximum atomic E-state index is 13.3. The smallest absolute Gasteiger partial charge is 0.237 e. The number of likely N-dealkylation sites (tertiary alicyclic amines) is 1. The summed E-state index contributed by atoms with van der Waals surface area (Å²) in [5.41, 5.74) is 0. The lowest BCUT2D eigenvalue weighted by Crippen LogP contribution is -2.52. The summed E-state index contributed by atoms with van der Waals surface area (Å²) in [5, 5.41) is 5.11. The Hall–Kier alpha value is -1.45. The van der Waals surface area contributed by atoms with Crippen molar-refractivity contribution in [1.29, 1.82) is 0 Å². The number of sulfone groups is 1. The molecule has 0 aromatic carbocycles. The Labute approximate surface area is 195 Å². The van der Waals surface area contributed by atoms with Gasteiger partial charge in [0.2, 0.25) is 11.8 Å². The van der Waals surface area contributed by atoms with E-state index < -0.39 is 9.84 Å². The first-order valence-corrected chi connectivity index (χ1v) is 14.7. The van der Waals surface area contributed by atoms with E-state index in [1.165, 1.54) is 4.88 Å². The molecule has 0 spiro atoms. The predicted molar refractivity (Wildman–Crippen MR) is 126 cm³/mol. The molecule has 1 aliphatic carbocycles. The number of carbonyl (C=O) groups is 2. The maximum absolute atomic E-state index is 13.3. The van der Waals surface area contributed by atoms with Gasteiger partial charge in [-0.1, -0.05) is 18.9 Å². The molecule has 2 amide bonds. The molecule has 4 rings (SSSR count). The lowest BCUT2D eigenvalue weighted by atomic mass is 9.95. The Balaban J connectivity index is 1.24. The van der Waals surface area contributed by atoms with Crippen molar-refractivity contribution in [2.45, 2.75) is 63.5 Å². The molecule has 1 atom stereocenters. The van der Waals surface area contributed by atoms with Crippen LogP contribution in [0.1, 0.15) is 49.8 Å². The van der Waals surface area contributed by atoms with E-state index in [4.69, 9.17) is 0 Å². The highest BCUT2D eigenvalue weighted by Gasteiger charge is 2.39. The molecular formula is C23H35N3O4S2. The van der Waals surface area contributed by atoms with E-state index >= 15 is 0 Å². The van der Waals surface area contributed by atoms with Gasteiger partial charge in [-0.15, -0.1) is 11.3 Å². The fraction of sp³-hybridized carbons (Fsp3) is 0.739. The summed E-state index contributed by atoms with van der Waals surface area (Å²) in [6.07, 6.45) is 7.15. The minimum Gasteiger partial charge on any atom is -0.355 e. The van der Waals surface area contributed by atoms with Crippen LogP contribution in [0.5, 0.6) is 0 Å². The van der Waals surface area contributed by atoms with E-state index in [1.807, 2.05) is 16.3 Å². The summed E-state index contributed by atoms with van der Waals surface area (Å²) >= 11 is 1.71. The zero-order chi connectivity index (χ0) is 22.6. The van der Waals surface area contributed by atoms with Gasteiger partial charge < -0.3 is 10.2 Å². The number of amides is 2. The van der Waals surface area contributed by atoms with E-state index in [9.17, 15) is 18.0 Å². The van der Waals surface area contributed by atoms with Crippen LogP contribution in [-0.2, 0) is 25.8 Å². The van der Waals surface area contributed by atoms with Crippen molar-refractivity contribution in [2.24, 2.45) is 5.92 Å². The molecule has 1 aromatic heterocycles. The first-order valence-electron chi connectivity index (χ1n) is 12.0. The summed E-state index contributed by atoms with van der Waals surface area (Å²) in [4.78, 5) is 31.1. The van der Waals surface area contributed by atoms with Crippen molar-refractivity contribution < 1.29 is 18.0 Å². The Morgan fingerprint density at radius 1 is 1.09 bits per heavy atom. The van der Waals surface area contributed by atoms with Gasteiger partial charge >= 0.3 is 0 Å². The third-order valence-corrected chi connectivity index (χ3v) is 9.86. The molecule has 3 heterocycles. The quantitative estimate of drug-likeness (QED) is 0.614. The molecule has 32 heavy (non-hydrogen) atoms. The minimum absolute atomic E-state index is 0.00981. The number of nitrogens with zero attached hydrogens (tertiary/aromatic N) is 2. The van der Waals surface area contributed by atoms with Crippen molar-refractivity contribution in [1.82, 2.24) is 15.1 Å². The average molecular weight is 482 g/mol. The van der Waals surface area contributed by atoms with E-state index in [-0.39, 0.29) is 41.3 Å². The van der Waals surface area contributed by atoms with E-state index in [2.05, 4.69) is 16.3 Å². The van der Waals surface area contributed by atoms with Gasteiger partial charge in [0.05, 0.1) is 18.1 Å². The first-order chi connectivity index (χ1) is 15.4. The van der Waals surface area contributed by atoms with Crippen LogP contribution in [-0.4, -0.2) is 79.8 Å². The third kappa shape index (κ3) is 6.11. The van der Waals surface area contributed by atoms with Crippen molar-refractivity contribution in [3.63, 3.8) is 0 Å². The van der Waals surface area contributed by atoms with Gasteiger partial charge in [0.15, 0.2) is 9.84 Å². The highest BCUT2D eigenvalue weighted by molar-refractivity contribution is 7.91. The Morgan fingerprint density at radius 3 is 2.47 bits per heavy atom. The molecule has 1 unspecified atom stereocenters. The molecule has 3 fully saturated rings. The normalized spacial score (nSPS) is 24.6. The van der Waals surface area contributed by atoms with Gasteiger partial charge in [0, 0.05) is 29.4 Å². The third-order valence-electron chi connectivity index (χ3n) is 7.18. The lowest BCUT2D eigenvalue weighted by Gasteiger charge is -2.37. The molecule has 1 saturated carbocycles. The number of rotatable bonds is 8. The topological polar surface area (TPSA) is 86.8 Å². The van der Waals surface area contributed by atoms with Crippen LogP contribution in [0.15, 0.2) is 17.5 Å². The number of hydrogen-bond acceptors (Lipinski definition) is 6. The molecule has 7 nitrogen and oxygen atoms in total. The number of thiophene rings is 1. The summed E-state index contributed by atoms with van der Waals surface area (Å²) in [6.45, 7) is 2.46. The summed E-state index contributed by atoms with van der Waals surface area (Å²) < 4.78 is 24.1. The van der Waals surface area contributed by atoms with Crippen molar-refractivity contribution in [2.75, 3.05) is 37.7 Å². The van der Waals surface area contributed by atoms with Gasteiger partial charge in [0.1, 0.15) is 0 Å². The van der Waals surface area contributed by atoms with Crippen LogP contribution in [0.2, 0.25) is 0 Å². The van der Waals surface area contributed by atoms with Gasteiger partial charge in [-0.2, -0.15) is 0 Å². The van der Waals surface area contributed by atoms with Crippen LogP contribution < -0.4 is 5.32 Å². The standard InChI is InChI=1S/C23H35N3O4S2/c27-22(26(19-4-1-2-5-19)20-10-15-32(29,30)17-20)16-25-12-8-18(9-13-25)23(28)24-11-7-21-6-3-14-31-21/h3,6,14,18-20H,1-2,4-5,7-13,15-17H2,(H,24,28). The zero-order valence-electron chi connectivity index (χ0n) is 18.7. The van der Waals surface area contributed by atoms with Crippen molar-refractivity contribution in [3.8, 4) is 0 Å². The van der Waals surface area contributed by atoms with Gasteiger partial charge in [-0.05, 0) is 63.1 Å². The molecule has 1 aromatic rings. The highest BCUT2D eigenvalue weighted by atomic mass is 32.2. The van der Waals surface area contributed by atoms with E-state index in [0.717, 1.165) is 58.0 Å². The highest BCUT2D eigenvalue weighted by Crippen LogP contribution is 2.29. The number of hydrogen-bond donors (Lipinski definition) is 1. The Bertz CT molecular complexity index is 873. The number of carbonyl (C=O) groups excluding carboxylic acids is 2. The van der Waals surface area contributed by atoms with Gasteiger partial charge in [0.25, 0.3) is 0 Å². The Morgan fingerprint density at radius 2 is 1.84 bits per heavy atom. The second kappa shape index (κ2) is 10.7. The number of nitrogens with one attached hydrogen (secondary N) is 1. The molecule has 0 bridgehead atoms. The fourth-order valence-corrected chi connectivity index (χ4v) is 7.84. The molecule has 2 saturated heterocycles. The first kappa shape index (κ1) is 23.7. The van der Waals surface area contributed by atoms with Crippen LogP contribution in [0.3, 0.4) is 0 Å². The second-order valence-electron chi connectivity index (χ2n) is 9.47. The van der Waals surface area contributed by atoms with Crippen LogP contribution >= 0.6 is 11.3 Å². The monoisotopic (exact) mass is 481 g/mol. The van der Waals surface area contributed by atoms with Crippen molar-refractivity contribution in [3.05, 3.63) is 22.4 Å². The van der Waals surface area contributed by atoms with Crippen LogP contribution in [0.25, 0.3) is 0 Å². The van der Waals surface area contributed by atoms with Crippen LogP contribution in [0.4, 0.5) is 0 Å². The molecule has 3 aliphatic rings. The van der Waals surface area contributed by atoms with E-state index in [1.54, 1.807) is 11.3 Å². The largest absolute Gasteiger partial charge is 0.355 e. The molecule has 1 N–H and O–H groups in total. The molecule has 0 radical (unpaired) electrons. The van der Waals surface area contributed by atoms with Gasteiger partial charge in [-0.3, -0.25) is 14.5 Å². The molecule has 178 valence electrons. The molecule has 2 aliphatic heterocycles. The summed E-state index contributed by atoms with van der Waals surface area (Å²) in [6, 6.07) is 4.13. The SMILES string of the molecule is O=C(NCCc1cccs1)C1CCN(CC(=O)N(C2CCCC2)C2CCS(=O)(=O)C2)CC1. The maximum Gasteiger partial charge on any atom is 0.237 e. The zero-order valence-corrected chi connectivity index (χ0v) is 20.3. The number of piperidine rings is 1. The summed E-state index contributed by atoms with van der Waals surface area (Å²) in [5.74, 6) is 0.508. The Kier molecular flexibility index (Phi) is 7.89. The molecular weight excluding hydrogens is 446 g/mol. The average Bonchev–Trinajstić information content (AvgIpc) is 3.52. The van der Waals surface area contributed by atoms with Gasteiger partial charge in [-0.25, -0.2) is 8.42 Å². The summed E-state index contributed by atoms with van der Waals surface area (Å²) in [7, 11) is -3.03. The van der Waals surface area contributed by atoms with E-state index in [0.29, 0.717) is 19.5 Å². The predicted octanol–water partition coefficient (Wildman–Crippen LogP) is 2.08. The fourth-order valence-electron chi connectivity index (χ4n) is 5.42. The lowest BCUT2D eigenvalue weighted by molar-refractivity contribution is -0.137. The minimum atomic E-state index is -3.03. The second-order valence-corrected chi connectivity index (χ2v) is 12.7. The van der Waals surface area contributed by atoms with Crippen LogP contribution in [0, 0.1) is 5.92 Å².